The van der Waals surface area contributed by atoms with E-state index in [4.69, 9.17) is 19.4 Å². The van der Waals surface area contributed by atoms with Crippen LogP contribution in [0.5, 0.6) is 23.3 Å². The predicted molar refractivity (Wildman–Crippen MR) is 321 cm³/mol. The lowest BCUT2D eigenvalue weighted by Crippen LogP contribution is -2.38. The van der Waals surface area contributed by atoms with Crippen molar-refractivity contribution in [1.82, 2.24) is 29.7 Å². The number of carbonyl (C=O) groups is 4. The fraction of sp³-hybridized carbons (Fsp3) is 0.290. The number of hydrogen-bond acceptors (Lipinski definition) is 15. The Morgan fingerprint density at radius 2 is 1.02 bits per heavy atom. The Balaban J connectivity index is 0.000000177. The third-order valence-corrected chi connectivity index (χ3v) is 20.8. The van der Waals surface area contributed by atoms with Gasteiger partial charge in [-0.15, -0.1) is 0 Å². The second-order valence-electron chi connectivity index (χ2n) is 22.3. The molecule has 12 rings (SSSR count). The number of fused-ring (bicyclic) bond motifs is 4. The van der Waals surface area contributed by atoms with E-state index in [1.807, 2.05) is 68.4 Å². The number of nitrogens with one attached hydrogen (secondary N) is 2. The van der Waals surface area contributed by atoms with Gasteiger partial charge in [0.25, 0.3) is 11.8 Å². The number of rotatable bonds is 12. The summed E-state index contributed by atoms with van der Waals surface area (Å²) >= 11 is 2.07. The molecule has 4 aromatic carbocycles. The maximum atomic E-state index is 15.1. The highest BCUT2D eigenvalue weighted by atomic mass is 32.2. The number of anilines is 2. The number of halogens is 2. The molecular weight excluding hydrogens is 1170 g/mol. The molecular formula is C62H58F2N8O9S4. The van der Waals surface area contributed by atoms with Crippen molar-refractivity contribution < 1.29 is 50.1 Å². The van der Waals surface area contributed by atoms with Crippen molar-refractivity contribution in [2.75, 3.05) is 49.3 Å². The topological polar surface area (TPSA) is 220 Å². The number of hydrogen-bond donors (Lipinski definition) is 2. The van der Waals surface area contributed by atoms with Gasteiger partial charge in [-0.05, 0) is 74.2 Å². The first-order valence-electron chi connectivity index (χ1n) is 27.4. The second kappa shape index (κ2) is 23.4. The van der Waals surface area contributed by atoms with Gasteiger partial charge in [-0.1, -0.05) is 111 Å². The average molecular weight is 1230 g/mol. The van der Waals surface area contributed by atoms with Crippen LogP contribution in [0.2, 0.25) is 0 Å². The number of aromatic nitrogens is 4. The van der Waals surface area contributed by atoms with Gasteiger partial charge >= 0.3 is 0 Å². The second-order valence-corrected chi connectivity index (χ2v) is 28.2. The molecule has 85 heavy (non-hydrogen) atoms. The predicted octanol–water partition coefficient (Wildman–Crippen LogP) is 12.1. The number of sulfone groups is 1. The molecule has 8 heterocycles. The first-order valence-corrected chi connectivity index (χ1v) is 32.5. The fourth-order valence-electron chi connectivity index (χ4n) is 11.1. The molecule has 2 N–H and O–H groups in total. The Kier molecular flexibility index (Phi) is 16.1. The van der Waals surface area contributed by atoms with Crippen LogP contribution in [0.3, 0.4) is 0 Å². The van der Waals surface area contributed by atoms with Crippen molar-refractivity contribution in [1.29, 1.82) is 0 Å². The average Bonchev–Trinajstić information content (AvgIpc) is 2.27. The Morgan fingerprint density at radius 3 is 1.42 bits per heavy atom. The van der Waals surface area contributed by atoms with E-state index in [1.54, 1.807) is 60.2 Å². The minimum Gasteiger partial charge on any atom is -0.438 e. The van der Waals surface area contributed by atoms with Gasteiger partial charge in [0, 0.05) is 83.9 Å². The molecule has 2 fully saturated rings. The van der Waals surface area contributed by atoms with Gasteiger partial charge in [0.1, 0.15) is 31.6 Å². The summed E-state index contributed by atoms with van der Waals surface area (Å²) in [7, 11) is -4.65. The number of ether oxygens (including phenoxy) is 2. The van der Waals surface area contributed by atoms with E-state index in [0.717, 1.165) is 54.4 Å². The minimum absolute atomic E-state index is 0.0329. The zero-order chi connectivity index (χ0) is 60.1. The number of thiazole rings is 2. The Labute approximate surface area is 500 Å². The van der Waals surface area contributed by atoms with Crippen molar-refractivity contribution in [2.24, 2.45) is 10.8 Å². The molecule has 0 aliphatic carbocycles. The zero-order valence-corrected chi connectivity index (χ0v) is 50.4. The van der Waals surface area contributed by atoms with Crippen molar-refractivity contribution in [3.8, 4) is 45.8 Å². The highest BCUT2D eigenvalue weighted by Gasteiger charge is 2.46. The SMILES string of the molecule is CC(C)(C(=O)Nc1ncc(S(C)(=O)=O)s1)[C@H]1c2ccccc2Oc2nc(-c3ccc(C(=O)N4CCCC4)c(F)c3)ccc21.CS(=O)c1cnc(NC(=O)C(C)(C)[C@H]2c3ccccc3Oc3nc(-c4ccc(C(=O)N5CCCC5)c(F)c4)ccc32)s1. The molecule has 0 bridgehead atoms. The molecule has 2 saturated heterocycles. The van der Waals surface area contributed by atoms with E-state index in [-0.39, 0.29) is 50.0 Å². The summed E-state index contributed by atoms with van der Waals surface area (Å²) in [6, 6.07) is 31.1. The molecule has 4 aliphatic rings. The molecule has 3 atom stereocenters. The monoisotopic (exact) mass is 1220 g/mol. The van der Waals surface area contributed by atoms with Crippen LogP contribution in [-0.2, 0) is 30.2 Å². The number of amides is 4. The normalized spacial score (nSPS) is 16.5. The van der Waals surface area contributed by atoms with Crippen molar-refractivity contribution in [3.63, 3.8) is 0 Å². The molecule has 1 unspecified atom stereocenters. The van der Waals surface area contributed by atoms with Crippen molar-refractivity contribution in [2.45, 2.75) is 73.6 Å². The van der Waals surface area contributed by atoms with Gasteiger partial charge < -0.3 is 29.9 Å². The highest BCUT2D eigenvalue weighted by molar-refractivity contribution is 7.92. The highest BCUT2D eigenvalue weighted by Crippen LogP contribution is 2.54. The van der Waals surface area contributed by atoms with Crippen LogP contribution in [-0.4, -0.2) is 105 Å². The lowest BCUT2D eigenvalue weighted by atomic mass is 9.69. The smallest absolute Gasteiger partial charge is 0.256 e. The third-order valence-electron chi connectivity index (χ3n) is 15.7. The van der Waals surface area contributed by atoms with Gasteiger partial charge in [-0.2, -0.15) is 0 Å². The van der Waals surface area contributed by atoms with E-state index in [2.05, 4.69) is 20.6 Å². The van der Waals surface area contributed by atoms with Gasteiger partial charge in [-0.3, -0.25) is 23.4 Å². The molecule has 0 radical (unpaired) electrons. The summed E-state index contributed by atoms with van der Waals surface area (Å²) in [6.45, 7) is 9.84. The molecule has 23 heteroatoms. The number of likely N-dealkylation sites (tertiary alicyclic amines) is 2. The zero-order valence-electron chi connectivity index (χ0n) is 47.1. The van der Waals surface area contributed by atoms with Crippen LogP contribution in [0.15, 0.2) is 130 Å². The third kappa shape index (κ3) is 11.7. The number of nitrogens with zero attached hydrogens (tertiary/aromatic N) is 6. The molecule has 4 amide bonds. The van der Waals surface area contributed by atoms with Crippen molar-refractivity contribution >= 4 is 77.2 Å². The van der Waals surface area contributed by atoms with E-state index in [9.17, 15) is 31.8 Å². The molecule has 438 valence electrons. The van der Waals surface area contributed by atoms with Gasteiger partial charge in [-0.25, -0.2) is 37.1 Å². The van der Waals surface area contributed by atoms with Crippen LogP contribution >= 0.6 is 22.7 Å². The lowest BCUT2D eigenvalue weighted by Gasteiger charge is -2.37. The molecule has 0 saturated carbocycles. The Hall–Kier alpha value is -8.12. The first kappa shape index (κ1) is 58.6. The maximum Gasteiger partial charge on any atom is 0.256 e. The van der Waals surface area contributed by atoms with E-state index >= 15 is 8.78 Å². The molecule has 17 nitrogen and oxygen atoms in total. The number of pyridine rings is 2. The quantitative estimate of drug-likeness (QED) is 0.116. The van der Waals surface area contributed by atoms with Crippen LogP contribution in [0, 0.1) is 22.5 Å². The Bertz CT molecular complexity index is 4120. The number of benzene rings is 4. The number of para-hydroxylation sites is 2. The minimum atomic E-state index is -3.46. The van der Waals surface area contributed by atoms with Crippen LogP contribution < -0.4 is 20.1 Å². The summed E-state index contributed by atoms with van der Waals surface area (Å²) in [5, 5.41) is 6.23. The largest absolute Gasteiger partial charge is 0.438 e. The van der Waals surface area contributed by atoms with Crippen LogP contribution in [0.25, 0.3) is 22.5 Å². The lowest BCUT2D eigenvalue weighted by molar-refractivity contribution is -0.125. The summed E-state index contributed by atoms with van der Waals surface area (Å²) in [5.74, 6) is -1.62. The maximum absolute atomic E-state index is 15.1. The summed E-state index contributed by atoms with van der Waals surface area (Å²) in [5.41, 5.74) is 2.99. The molecule has 8 aromatic rings. The molecule has 4 aliphatic heterocycles. The fourth-order valence-corrected chi connectivity index (χ4v) is 14.2. The standard InChI is InChI=1S/C31H29FN4O5S2.C31H29FN4O4S2/c1-31(2,29(38)35-30-33-17-25(42-30)43(3,39)40)26-20-8-4-5-9-24(20)41-27-21(26)12-13-23(34-27)18-10-11-19(22(32)16-18)28(37)36-14-6-7-15-36;1-31(2,29(38)35-30-33-17-25(41-30)42(3)39)26-20-8-4-5-9-24(20)40-27-21(26)12-13-23(34-27)18-10-11-19(22(32)16-18)28(37)36-14-6-7-15-36/h4-5,8-13,16-17,26H,6-7,14-15H2,1-3H3,(H,33,35,38);4-5,8-13,16-17,26H,6-7,14-15H2,1-3H3,(H,33,35,38)/t26-;26-,42?/m00/s1. The number of carbonyl (C=O) groups excluding carboxylic acids is 4. The summed E-state index contributed by atoms with van der Waals surface area (Å²) in [4.78, 5) is 74.0. The van der Waals surface area contributed by atoms with E-state index in [0.29, 0.717) is 86.5 Å². The van der Waals surface area contributed by atoms with Gasteiger partial charge in [0.15, 0.2) is 20.1 Å². The van der Waals surface area contributed by atoms with Crippen LogP contribution in [0.1, 0.15) is 108 Å². The van der Waals surface area contributed by atoms with Gasteiger partial charge in [0.05, 0.1) is 56.5 Å². The van der Waals surface area contributed by atoms with E-state index in [1.165, 1.54) is 48.0 Å². The molecule has 0 spiro atoms. The molecule has 4 aromatic heterocycles. The Morgan fingerprint density at radius 1 is 0.600 bits per heavy atom. The van der Waals surface area contributed by atoms with E-state index < -0.39 is 54.9 Å². The van der Waals surface area contributed by atoms with Crippen LogP contribution in [0.4, 0.5) is 19.0 Å². The van der Waals surface area contributed by atoms with Gasteiger partial charge in [0.2, 0.25) is 23.6 Å². The summed E-state index contributed by atoms with van der Waals surface area (Å²) < 4.78 is 78.9. The first-order chi connectivity index (χ1) is 40.6. The van der Waals surface area contributed by atoms with Crippen molar-refractivity contribution in [3.05, 3.63) is 167 Å². The summed E-state index contributed by atoms with van der Waals surface area (Å²) in [6.07, 6.45) is 9.08.